The first-order valence-electron chi connectivity index (χ1n) is 5.69. The van der Waals surface area contributed by atoms with Gasteiger partial charge in [-0.25, -0.2) is 0 Å². The van der Waals surface area contributed by atoms with Crippen LogP contribution in [-0.2, 0) is 19.4 Å². The van der Waals surface area contributed by atoms with Crippen molar-refractivity contribution in [3.63, 3.8) is 0 Å². The first-order valence-corrected chi connectivity index (χ1v) is 5.69. The predicted molar refractivity (Wildman–Crippen MR) is 55.0 cm³/mol. The molecule has 2 aliphatic carbocycles. The van der Waals surface area contributed by atoms with E-state index >= 15 is 0 Å². The number of hydrogen-bond acceptors (Lipinski definition) is 2. The van der Waals surface area contributed by atoms with Crippen LogP contribution >= 0.6 is 0 Å². The molecular formula is C11H17N3. The van der Waals surface area contributed by atoms with Gasteiger partial charge in [-0.05, 0) is 44.1 Å². The number of rotatable bonds is 2. The molecule has 1 saturated carbocycles. The molecule has 0 saturated heterocycles. The van der Waals surface area contributed by atoms with Crippen molar-refractivity contribution in [2.24, 2.45) is 5.73 Å². The van der Waals surface area contributed by atoms with E-state index in [0.717, 1.165) is 5.69 Å². The fourth-order valence-electron chi connectivity index (χ4n) is 2.64. The molecule has 0 bridgehead atoms. The molecule has 0 unspecified atom stereocenters. The van der Waals surface area contributed by atoms with Crippen molar-refractivity contribution in [1.29, 1.82) is 0 Å². The van der Waals surface area contributed by atoms with Crippen molar-refractivity contribution in [3.8, 4) is 0 Å². The lowest BCUT2D eigenvalue weighted by Crippen LogP contribution is -2.20. The summed E-state index contributed by atoms with van der Waals surface area (Å²) in [5.74, 6) is 0. The molecule has 0 atom stereocenters. The van der Waals surface area contributed by atoms with Crippen LogP contribution in [0.3, 0.4) is 0 Å². The van der Waals surface area contributed by atoms with E-state index in [2.05, 4.69) is 9.78 Å². The Balaban J connectivity index is 2.02. The first kappa shape index (κ1) is 8.48. The van der Waals surface area contributed by atoms with Gasteiger partial charge >= 0.3 is 0 Å². The van der Waals surface area contributed by atoms with Gasteiger partial charge in [-0.1, -0.05) is 0 Å². The second kappa shape index (κ2) is 3.09. The monoisotopic (exact) mass is 191 g/mol. The van der Waals surface area contributed by atoms with Crippen LogP contribution in [0, 0.1) is 0 Å². The van der Waals surface area contributed by atoms with Crippen molar-refractivity contribution >= 4 is 0 Å². The highest BCUT2D eigenvalue weighted by atomic mass is 15.3. The third-order valence-corrected chi connectivity index (χ3v) is 3.66. The molecule has 2 aliphatic rings. The van der Waals surface area contributed by atoms with Crippen LogP contribution in [0.15, 0.2) is 0 Å². The Labute approximate surface area is 84.3 Å². The maximum atomic E-state index is 5.72. The van der Waals surface area contributed by atoms with E-state index < -0.39 is 0 Å². The van der Waals surface area contributed by atoms with Crippen molar-refractivity contribution in [1.82, 2.24) is 9.78 Å². The molecule has 1 aromatic rings. The summed E-state index contributed by atoms with van der Waals surface area (Å²) in [4.78, 5) is 0. The maximum absolute atomic E-state index is 5.72. The molecule has 0 radical (unpaired) electrons. The van der Waals surface area contributed by atoms with Gasteiger partial charge in [-0.15, -0.1) is 0 Å². The summed E-state index contributed by atoms with van der Waals surface area (Å²) in [5, 5.41) is 4.66. The molecule has 0 aliphatic heterocycles. The third-order valence-electron chi connectivity index (χ3n) is 3.66. The third kappa shape index (κ3) is 1.05. The molecule has 3 heteroatoms. The summed E-state index contributed by atoms with van der Waals surface area (Å²) in [6.45, 7) is 0.613. The Morgan fingerprint density at radius 2 is 2.14 bits per heavy atom. The summed E-state index contributed by atoms with van der Waals surface area (Å²) < 4.78 is 2.29. The zero-order valence-corrected chi connectivity index (χ0v) is 8.50. The largest absolute Gasteiger partial charge is 0.325 e. The van der Waals surface area contributed by atoms with Crippen molar-refractivity contribution in [2.45, 2.75) is 51.1 Å². The van der Waals surface area contributed by atoms with Gasteiger partial charge in [0.2, 0.25) is 0 Å². The standard InChI is InChI=1S/C11H17N3/c12-7-10-9-5-2-6-11(9)14(13-10)8-3-1-4-8/h8H,1-7,12H2. The van der Waals surface area contributed by atoms with Gasteiger partial charge in [0, 0.05) is 12.2 Å². The second-order valence-corrected chi connectivity index (χ2v) is 4.46. The Morgan fingerprint density at radius 1 is 1.29 bits per heavy atom. The molecule has 76 valence electrons. The highest BCUT2D eigenvalue weighted by Gasteiger charge is 2.28. The molecule has 3 rings (SSSR count). The van der Waals surface area contributed by atoms with Crippen LogP contribution in [-0.4, -0.2) is 9.78 Å². The van der Waals surface area contributed by atoms with Gasteiger partial charge in [0.25, 0.3) is 0 Å². The summed E-state index contributed by atoms with van der Waals surface area (Å²) in [5.41, 5.74) is 9.84. The van der Waals surface area contributed by atoms with Crippen molar-refractivity contribution in [2.75, 3.05) is 0 Å². The van der Waals surface area contributed by atoms with E-state index in [0.29, 0.717) is 12.6 Å². The topological polar surface area (TPSA) is 43.8 Å². The molecular weight excluding hydrogens is 174 g/mol. The first-order chi connectivity index (χ1) is 6.90. The molecule has 1 fully saturated rings. The second-order valence-electron chi connectivity index (χ2n) is 4.46. The Kier molecular flexibility index (Phi) is 1.87. The quantitative estimate of drug-likeness (QED) is 0.771. The molecule has 0 spiro atoms. The molecule has 0 aromatic carbocycles. The highest BCUT2D eigenvalue weighted by molar-refractivity contribution is 5.31. The lowest BCUT2D eigenvalue weighted by Gasteiger charge is -2.27. The average molecular weight is 191 g/mol. The smallest absolute Gasteiger partial charge is 0.0795 e. The van der Waals surface area contributed by atoms with Gasteiger partial charge in [0.1, 0.15) is 0 Å². The zero-order valence-electron chi connectivity index (χ0n) is 8.50. The van der Waals surface area contributed by atoms with Crippen LogP contribution in [0.2, 0.25) is 0 Å². The Bertz CT molecular complexity index is 350. The lowest BCUT2D eigenvalue weighted by atomic mass is 9.93. The number of aromatic nitrogens is 2. The molecule has 3 nitrogen and oxygen atoms in total. The minimum absolute atomic E-state index is 0.613. The summed E-state index contributed by atoms with van der Waals surface area (Å²) >= 11 is 0. The molecule has 14 heavy (non-hydrogen) atoms. The summed E-state index contributed by atoms with van der Waals surface area (Å²) in [6, 6.07) is 0.696. The normalized spacial score (nSPS) is 20.9. The molecule has 0 amide bonds. The lowest BCUT2D eigenvalue weighted by molar-refractivity contribution is 0.281. The Morgan fingerprint density at radius 3 is 2.79 bits per heavy atom. The fourth-order valence-corrected chi connectivity index (χ4v) is 2.64. The predicted octanol–water partition coefficient (Wildman–Crippen LogP) is 1.56. The van der Waals surface area contributed by atoms with E-state index in [1.165, 1.54) is 49.8 Å². The zero-order chi connectivity index (χ0) is 9.54. The van der Waals surface area contributed by atoms with Crippen LogP contribution in [0.1, 0.15) is 48.7 Å². The van der Waals surface area contributed by atoms with Gasteiger partial charge in [0.15, 0.2) is 0 Å². The van der Waals surface area contributed by atoms with Crippen LogP contribution in [0.5, 0.6) is 0 Å². The van der Waals surface area contributed by atoms with Crippen molar-refractivity contribution < 1.29 is 0 Å². The van der Waals surface area contributed by atoms with Gasteiger partial charge in [-0.3, -0.25) is 4.68 Å². The number of nitrogens with two attached hydrogens (primary N) is 1. The maximum Gasteiger partial charge on any atom is 0.0795 e. The van der Waals surface area contributed by atoms with Crippen molar-refractivity contribution in [3.05, 3.63) is 17.0 Å². The van der Waals surface area contributed by atoms with Crippen LogP contribution in [0.25, 0.3) is 0 Å². The van der Waals surface area contributed by atoms with Crippen LogP contribution in [0.4, 0.5) is 0 Å². The summed E-state index contributed by atoms with van der Waals surface area (Å²) in [7, 11) is 0. The van der Waals surface area contributed by atoms with E-state index in [1.807, 2.05) is 0 Å². The van der Waals surface area contributed by atoms with Gasteiger partial charge < -0.3 is 5.73 Å². The fraction of sp³-hybridized carbons (Fsp3) is 0.727. The molecule has 2 N–H and O–H groups in total. The van der Waals surface area contributed by atoms with E-state index in [9.17, 15) is 0 Å². The van der Waals surface area contributed by atoms with E-state index in [-0.39, 0.29) is 0 Å². The Hall–Kier alpha value is -0.830. The average Bonchev–Trinajstić information content (AvgIpc) is 2.64. The summed E-state index contributed by atoms with van der Waals surface area (Å²) in [6.07, 6.45) is 7.73. The van der Waals surface area contributed by atoms with E-state index in [1.54, 1.807) is 0 Å². The number of nitrogens with zero attached hydrogens (tertiary/aromatic N) is 2. The molecule has 1 aromatic heterocycles. The van der Waals surface area contributed by atoms with E-state index in [4.69, 9.17) is 5.73 Å². The highest BCUT2D eigenvalue weighted by Crippen LogP contribution is 2.36. The molecule has 1 heterocycles. The van der Waals surface area contributed by atoms with Gasteiger partial charge in [-0.2, -0.15) is 5.10 Å². The number of hydrogen-bond donors (Lipinski definition) is 1. The minimum atomic E-state index is 0.613. The van der Waals surface area contributed by atoms with Gasteiger partial charge in [0.05, 0.1) is 11.7 Å². The van der Waals surface area contributed by atoms with Crippen LogP contribution < -0.4 is 5.73 Å². The number of fused-ring (bicyclic) bond motifs is 1. The minimum Gasteiger partial charge on any atom is -0.325 e. The SMILES string of the molecule is NCc1nn(C2CCC2)c2c1CCC2.